The molecule has 3 rings (SSSR count). The van der Waals surface area contributed by atoms with Crippen LogP contribution in [0, 0.1) is 0 Å². The zero-order chi connectivity index (χ0) is 21.2. The summed E-state index contributed by atoms with van der Waals surface area (Å²) in [4.78, 5) is 19.5. The van der Waals surface area contributed by atoms with Gasteiger partial charge in [0.1, 0.15) is 0 Å². The first-order chi connectivity index (χ1) is 13.7. The predicted octanol–water partition coefficient (Wildman–Crippen LogP) is 3.98. The van der Waals surface area contributed by atoms with E-state index >= 15 is 0 Å². The van der Waals surface area contributed by atoms with Gasteiger partial charge < -0.3 is 19.9 Å². The molecule has 10 heteroatoms. The van der Waals surface area contributed by atoms with E-state index in [9.17, 15) is 23.1 Å². The molecule has 29 heavy (non-hydrogen) atoms. The highest BCUT2D eigenvalue weighted by Crippen LogP contribution is 2.31. The Morgan fingerprint density at radius 2 is 1.76 bits per heavy atom. The molecule has 0 aliphatic heterocycles. The third-order valence-electron chi connectivity index (χ3n) is 4.10. The minimum Gasteiger partial charge on any atom is -0.493 e. The van der Waals surface area contributed by atoms with E-state index in [1.54, 1.807) is 18.2 Å². The third kappa shape index (κ3) is 4.31. The van der Waals surface area contributed by atoms with Crippen LogP contribution in [0.3, 0.4) is 0 Å². The van der Waals surface area contributed by atoms with Gasteiger partial charge in [0.05, 0.1) is 30.8 Å². The molecule has 0 unspecified atom stereocenters. The second-order valence-electron chi connectivity index (χ2n) is 5.97. The maximum atomic E-state index is 12.9. The quantitative estimate of drug-likeness (QED) is 0.638. The number of aromatic nitrogens is 2. The lowest BCUT2D eigenvalue weighted by Gasteiger charge is -2.13. The highest BCUT2D eigenvalue weighted by molar-refractivity contribution is 5.94. The molecule has 0 radical (unpaired) electrons. The summed E-state index contributed by atoms with van der Waals surface area (Å²) in [7, 11) is 2.99. The van der Waals surface area contributed by atoms with Gasteiger partial charge >= 0.3 is 12.1 Å². The zero-order valence-electron chi connectivity index (χ0n) is 15.4. The van der Waals surface area contributed by atoms with Crippen LogP contribution < -0.4 is 14.8 Å². The highest BCUT2D eigenvalue weighted by Gasteiger charge is 2.31. The van der Waals surface area contributed by atoms with Crippen LogP contribution in [0.5, 0.6) is 11.5 Å². The van der Waals surface area contributed by atoms with Crippen LogP contribution in [0.2, 0.25) is 0 Å². The van der Waals surface area contributed by atoms with Crippen molar-refractivity contribution in [1.82, 2.24) is 9.97 Å². The van der Waals surface area contributed by atoms with E-state index in [0.29, 0.717) is 11.5 Å². The average Bonchev–Trinajstić information content (AvgIpc) is 2.70. The van der Waals surface area contributed by atoms with Gasteiger partial charge in [-0.1, -0.05) is 6.07 Å². The lowest BCUT2D eigenvalue weighted by atomic mass is 10.1. The topological polar surface area (TPSA) is 93.6 Å². The number of fused-ring (bicyclic) bond motifs is 1. The molecule has 0 bridgehead atoms. The molecule has 0 aliphatic carbocycles. The molecule has 0 saturated carbocycles. The van der Waals surface area contributed by atoms with Gasteiger partial charge in [0.25, 0.3) is 0 Å². The number of hydrogen-bond donors (Lipinski definition) is 2. The van der Waals surface area contributed by atoms with Gasteiger partial charge in [-0.05, 0) is 35.9 Å². The van der Waals surface area contributed by atoms with Crippen LogP contribution in [0.25, 0.3) is 11.0 Å². The van der Waals surface area contributed by atoms with E-state index < -0.39 is 23.4 Å². The number of carbonyl (C=O) groups is 1. The van der Waals surface area contributed by atoms with Crippen LogP contribution in [-0.2, 0) is 12.7 Å². The number of carboxylic acids is 1. The Morgan fingerprint density at radius 1 is 1.03 bits per heavy atom. The SMILES string of the molecule is COc1ccc(CNc2nc3ccc(C(F)(F)F)cc3nc2C(=O)O)cc1OC. The molecule has 1 aromatic heterocycles. The summed E-state index contributed by atoms with van der Waals surface area (Å²) in [6, 6.07) is 7.94. The van der Waals surface area contributed by atoms with Crippen LogP contribution in [0.15, 0.2) is 36.4 Å². The van der Waals surface area contributed by atoms with Crippen LogP contribution in [0.4, 0.5) is 19.0 Å². The maximum Gasteiger partial charge on any atom is 0.416 e. The number of nitrogens with one attached hydrogen (secondary N) is 1. The van der Waals surface area contributed by atoms with Crippen molar-refractivity contribution in [3.8, 4) is 11.5 Å². The Bertz CT molecular complexity index is 1070. The highest BCUT2D eigenvalue weighted by atomic mass is 19.4. The molecule has 2 aromatic carbocycles. The molecular formula is C19H16F3N3O4. The standard InChI is InChI=1S/C19H16F3N3O4/c1-28-14-6-3-10(7-15(14)29-2)9-23-17-16(18(26)27)24-13-8-11(19(20,21)22)4-5-12(13)25-17/h3-8H,9H2,1-2H3,(H,23,25)(H,26,27). The van der Waals surface area contributed by atoms with Crippen molar-refractivity contribution in [2.24, 2.45) is 0 Å². The molecule has 1 heterocycles. The van der Waals surface area contributed by atoms with E-state index in [1.165, 1.54) is 14.2 Å². The number of carboxylic acid groups (broad SMARTS) is 1. The number of hydrogen-bond acceptors (Lipinski definition) is 6. The first-order valence-electron chi connectivity index (χ1n) is 8.30. The van der Waals surface area contributed by atoms with Gasteiger partial charge in [-0.25, -0.2) is 14.8 Å². The number of rotatable bonds is 6. The molecule has 0 atom stereocenters. The second-order valence-corrected chi connectivity index (χ2v) is 5.97. The number of nitrogens with zero attached hydrogens (tertiary/aromatic N) is 2. The van der Waals surface area contributed by atoms with Crippen molar-refractivity contribution < 1.29 is 32.5 Å². The van der Waals surface area contributed by atoms with Crippen molar-refractivity contribution in [3.63, 3.8) is 0 Å². The Morgan fingerprint density at radius 3 is 2.38 bits per heavy atom. The molecule has 0 amide bonds. The van der Waals surface area contributed by atoms with Crippen LogP contribution in [-0.4, -0.2) is 35.3 Å². The summed E-state index contributed by atoms with van der Waals surface area (Å²) >= 11 is 0. The Labute approximate surface area is 163 Å². The van der Waals surface area contributed by atoms with E-state index in [4.69, 9.17) is 9.47 Å². The number of alkyl halides is 3. The summed E-state index contributed by atoms with van der Waals surface area (Å²) in [6.45, 7) is 0.182. The molecule has 0 aliphatic rings. The summed E-state index contributed by atoms with van der Waals surface area (Å²) in [6.07, 6.45) is -4.57. The van der Waals surface area contributed by atoms with Gasteiger partial charge in [0.2, 0.25) is 0 Å². The molecule has 3 aromatic rings. The molecule has 2 N–H and O–H groups in total. The third-order valence-corrected chi connectivity index (χ3v) is 4.10. The molecule has 152 valence electrons. The Kier molecular flexibility index (Phi) is 5.44. The van der Waals surface area contributed by atoms with Gasteiger partial charge in [-0.2, -0.15) is 13.2 Å². The molecule has 7 nitrogen and oxygen atoms in total. The zero-order valence-corrected chi connectivity index (χ0v) is 15.4. The Hall–Kier alpha value is -3.56. The van der Waals surface area contributed by atoms with E-state index in [2.05, 4.69) is 15.3 Å². The molecule has 0 fully saturated rings. The van der Waals surface area contributed by atoms with Crippen molar-refractivity contribution in [2.45, 2.75) is 12.7 Å². The van der Waals surface area contributed by atoms with Gasteiger partial charge in [-0.15, -0.1) is 0 Å². The smallest absolute Gasteiger partial charge is 0.416 e. The van der Waals surface area contributed by atoms with E-state index in [-0.39, 0.29) is 23.4 Å². The molecule has 0 saturated heterocycles. The van der Waals surface area contributed by atoms with Gasteiger partial charge in [0.15, 0.2) is 23.0 Å². The van der Waals surface area contributed by atoms with Gasteiger partial charge in [0, 0.05) is 6.54 Å². The van der Waals surface area contributed by atoms with Gasteiger partial charge in [-0.3, -0.25) is 0 Å². The van der Waals surface area contributed by atoms with Crippen LogP contribution in [0.1, 0.15) is 21.6 Å². The van der Waals surface area contributed by atoms with E-state index in [0.717, 1.165) is 23.8 Å². The number of anilines is 1. The fourth-order valence-electron chi connectivity index (χ4n) is 2.68. The lowest BCUT2D eigenvalue weighted by molar-refractivity contribution is -0.137. The van der Waals surface area contributed by atoms with Crippen molar-refractivity contribution >= 4 is 22.8 Å². The summed E-state index contributed by atoms with van der Waals surface area (Å²) in [5, 5.41) is 12.3. The maximum absolute atomic E-state index is 12.9. The summed E-state index contributed by atoms with van der Waals surface area (Å²) in [5.41, 5.74) is -0.681. The number of ether oxygens (including phenoxy) is 2. The van der Waals surface area contributed by atoms with Crippen LogP contribution >= 0.6 is 0 Å². The van der Waals surface area contributed by atoms with Crippen molar-refractivity contribution in [2.75, 3.05) is 19.5 Å². The molecular weight excluding hydrogens is 391 g/mol. The van der Waals surface area contributed by atoms with Crippen molar-refractivity contribution in [3.05, 3.63) is 53.2 Å². The van der Waals surface area contributed by atoms with E-state index in [1.807, 2.05) is 0 Å². The minimum atomic E-state index is -4.57. The molecule has 0 spiro atoms. The first kappa shape index (κ1) is 20.2. The number of methoxy groups -OCH3 is 2. The first-order valence-corrected chi connectivity index (χ1v) is 8.30. The minimum absolute atomic E-state index is 0.0560. The Balaban J connectivity index is 1.94. The number of halogens is 3. The largest absolute Gasteiger partial charge is 0.493 e. The number of benzene rings is 2. The monoisotopic (exact) mass is 407 g/mol. The summed E-state index contributed by atoms with van der Waals surface area (Å²) < 4.78 is 49.0. The predicted molar refractivity (Wildman–Crippen MR) is 98.4 cm³/mol. The normalized spacial score (nSPS) is 11.3. The fraction of sp³-hybridized carbons (Fsp3) is 0.211. The number of aromatic carboxylic acids is 1. The average molecular weight is 407 g/mol. The summed E-state index contributed by atoms with van der Waals surface area (Å²) in [5.74, 6) is -0.436. The fourth-order valence-corrected chi connectivity index (χ4v) is 2.68. The lowest BCUT2D eigenvalue weighted by Crippen LogP contribution is -2.12. The van der Waals surface area contributed by atoms with Crippen molar-refractivity contribution in [1.29, 1.82) is 0 Å². The second kappa shape index (κ2) is 7.82.